The van der Waals surface area contributed by atoms with Gasteiger partial charge in [-0.1, -0.05) is 25.0 Å². The first kappa shape index (κ1) is 13.6. The van der Waals surface area contributed by atoms with Gasteiger partial charge >= 0.3 is 0 Å². The van der Waals surface area contributed by atoms with Gasteiger partial charge in [-0.15, -0.1) is 0 Å². The molecule has 1 aromatic heterocycles. The van der Waals surface area contributed by atoms with Crippen molar-refractivity contribution in [1.29, 1.82) is 0 Å². The number of benzene rings is 1. The molecular formula is C16H23N3O. The van der Waals surface area contributed by atoms with Gasteiger partial charge in [0, 0.05) is 19.7 Å². The third-order valence-corrected chi connectivity index (χ3v) is 4.55. The molecule has 2 N–H and O–H groups in total. The van der Waals surface area contributed by atoms with Gasteiger partial charge in [0.15, 0.2) is 0 Å². The Morgan fingerprint density at radius 2 is 2.10 bits per heavy atom. The molecule has 1 aromatic carbocycles. The molecule has 4 heteroatoms. The van der Waals surface area contributed by atoms with Crippen molar-refractivity contribution in [1.82, 2.24) is 14.9 Å². The Bertz CT molecular complexity index is 578. The molecule has 0 amide bonds. The van der Waals surface area contributed by atoms with Gasteiger partial charge in [-0.25, -0.2) is 4.98 Å². The molecule has 2 aromatic rings. The standard InChI is InChI=1S/C16H23N3O/c1-19-15-9-5-4-8-14(15)18-16(19)10-17-13-7-3-2-6-12(13)11-20/h4-5,8-9,12-13,17,20H,2-3,6-7,10-11H2,1H3. The Morgan fingerprint density at radius 3 is 2.90 bits per heavy atom. The van der Waals surface area contributed by atoms with Crippen LogP contribution >= 0.6 is 0 Å². The maximum atomic E-state index is 9.47. The minimum Gasteiger partial charge on any atom is -0.396 e. The van der Waals surface area contributed by atoms with E-state index in [0.29, 0.717) is 18.6 Å². The summed E-state index contributed by atoms with van der Waals surface area (Å²) in [6.07, 6.45) is 4.80. The van der Waals surface area contributed by atoms with E-state index in [0.717, 1.165) is 30.7 Å². The fraction of sp³-hybridized carbons (Fsp3) is 0.562. The molecule has 2 unspecified atom stereocenters. The quantitative estimate of drug-likeness (QED) is 0.898. The van der Waals surface area contributed by atoms with Gasteiger partial charge in [0.2, 0.25) is 0 Å². The molecule has 4 nitrogen and oxygen atoms in total. The van der Waals surface area contributed by atoms with Crippen LogP contribution in [0.4, 0.5) is 0 Å². The lowest BCUT2D eigenvalue weighted by Crippen LogP contribution is -2.40. The van der Waals surface area contributed by atoms with E-state index in [4.69, 9.17) is 0 Å². The molecule has 2 atom stereocenters. The van der Waals surface area contributed by atoms with Crippen molar-refractivity contribution in [2.24, 2.45) is 13.0 Å². The summed E-state index contributed by atoms with van der Waals surface area (Å²) in [5.41, 5.74) is 2.22. The second-order valence-corrected chi connectivity index (χ2v) is 5.79. The Kier molecular flexibility index (Phi) is 4.03. The monoisotopic (exact) mass is 273 g/mol. The third-order valence-electron chi connectivity index (χ3n) is 4.55. The number of para-hydroxylation sites is 2. The molecule has 20 heavy (non-hydrogen) atoms. The summed E-state index contributed by atoms with van der Waals surface area (Å²) in [4.78, 5) is 4.69. The number of aliphatic hydroxyl groups is 1. The molecule has 1 aliphatic carbocycles. The van der Waals surface area contributed by atoms with Crippen molar-refractivity contribution < 1.29 is 5.11 Å². The summed E-state index contributed by atoms with van der Waals surface area (Å²) in [6.45, 7) is 1.06. The smallest absolute Gasteiger partial charge is 0.123 e. The first-order chi connectivity index (χ1) is 9.79. The van der Waals surface area contributed by atoms with E-state index in [1.54, 1.807) is 0 Å². The number of rotatable bonds is 4. The number of imidazole rings is 1. The second kappa shape index (κ2) is 5.94. The molecule has 1 heterocycles. The van der Waals surface area contributed by atoms with E-state index in [9.17, 15) is 5.11 Å². The first-order valence-electron chi connectivity index (χ1n) is 7.54. The topological polar surface area (TPSA) is 50.1 Å². The number of nitrogens with one attached hydrogen (secondary N) is 1. The van der Waals surface area contributed by atoms with E-state index in [1.165, 1.54) is 18.4 Å². The van der Waals surface area contributed by atoms with Crippen molar-refractivity contribution in [3.8, 4) is 0 Å². The first-order valence-corrected chi connectivity index (χ1v) is 7.54. The van der Waals surface area contributed by atoms with Gasteiger partial charge < -0.3 is 15.0 Å². The number of hydrogen-bond acceptors (Lipinski definition) is 3. The zero-order valence-corrected chi connectivity index (χ0v) is 12.0. The van der Waals surface area contributed by atoms with Crippen LogP contribution in [0.5, 0.6) is 0 Å². The summed E-state index contributed by atoms with van der Waals surface area (Å²) in [6, 6.07) is 8.65. The Labute approximate surface area is 119 Å². The van der Waals surface area contributed by atoms with Crippen LogP contribution in [0.25, 0.3) is 11.0 Å². The molecular weight excluding hydrogens is 250 g/mol. The van der Waals surface area contributed by atoms with Gasteiger partial charge in [-0.2, -0.15) is 0 Å². The van der Waals surface area contributed by atoms with Crippen LogP contribution < -0.4 is 5.32 Å². The van der Waals surface area contributed by atoms with Crippen molar-refractivity contribution >= 4 is 11.0 Å². The Morgan fingerprint density at radius 1 is 1.30 bits per heavy atom. The van der Waals surface area contributed by atoms with E-state index >= 15 is 0 Å². The SMILES string of the molecule is Cn1c(CNC2CCCCC2CO)nc2ccccc21. The predicted molar refractivity (Wildman–Crippen MR) is 80.4 cm³/mol. The average Bonchev–Trinajstić information content (AvgIpc) is 2.82. The summed E-state index contributed by atoms with van der Waals surface area (Å²) >= 11 is 0. The van der Waals surface area contributed by atoms with Gasteiger partial charge in [0.05, 0.1) is 17.6 Å². The maximum absolute atomic E-state index is 9.47. The van der Waals surface area contributed by atoms with Gasteiger partial charge in [0.25, 0.3) is 0 Å². The summed E-state index contributed by atoms with van der Waals surface area (Å²) in [7, 11) is 2.07. The van der Waals surface area contributed by atoms with Crippen LogP contribution in [-0.2, 0) is 13.6 Å². The van der Waals surface area contributed by atoms with Crippen molar-refractivity contribution in [3.63, 3.8) is 0 Å². The fourth-order valence-electron chi connectivity index (χ4n) is 3.27. The number of aromatic nitrogens is 2. The molecule has 1 fully saturated rings. The van der Waals surface area contributed by atoms with Crippen molar-refractivity contribution in [2.75, 3.05) is 6.61 Å². The number of aliphatic hydroxyl groups excluding tert-OH is 1. The van der Waals surface area contributed by atoms with Crippen LogP contribution in [0.2, 0.25) is 0 Å². The largest absolute Gasteiger partial charge is 0.396 e. The minimum atomic E-state index is 0.292. The van der Waals surface area contributed by atoms with Crippen LogP contribution in [0.1, 0.15) is 31.5 Å². The molecule has 0 bridgehead atoms. The molecule has 3 rings (SSSR count). The highest BCUT2D eigenvalue weighted by Gasteiger charge is 2.24. The van der Waals surface area contributed by atoms with E-state index < -0.39 is 0 Å². The lowest BCUT2D eigenvalue weighted by atomic mass is 9.85. The number of fused-ring (bicyclic) bond motifs is 1. The molecule has 1 saturated carbocycles. The molecule has 0 saturated heterocycles. The highest BCUT2D eigenvalue weighted by molar-refractivity contribution is 5.75. The molecule has 1 aliphatic rings. The fourth-order valence-corrected chi connectivity index (χ4v) is 3.27. The normalized spacial score (nSPS) is 23.3. The summed E-state index contributed by atoms with van der Waals surface area (Å²) in [5, 5.41) is 13.1. The highest BCUT2D eigenvalue weighted by Crippen LogP contribution is 2.24. The number of aryl methyl sites for hydroxylation is 1. The van der Waals surface area contributed by atoms with E-state index in [-0.39, 0.29) is 0 Å². The second-order valence-electron chi connectivity index (χ2n) is 5.79. The zero-order valence-electron chi connectivity index (χ0n) is 12.0. The zero-order chi connectivity index (χ0) is 13.9. The van der Waals surface area contributed by atoms with E-state index in [1.807, 2.05) is 12.1 Å². The third kappa shape index (κ3) is 2.58. The van der Waals surface area contributed by atoms with Crippen LogP contribution in [-0.4, -0.2) is 27.3 Å². The summed E-state index contributed by atoms with van der Waals surface area (Å²) in [5.74, 6) is 1.46. The molecule has 0 aliphatic heterocycles. The van der Waals surface area contributed by atoms with E-state index in [2.05, 4.69) is 34.0 Å². The predicted octanol–water partition coefficient (Wildman–Crippen LogP) is 2.21. The highest BCUT2D eigenvalue weighted by atomic mass is 16.3. The lowest BCUT2D eigenvalue weighted by molar-refractivity contribution is 0.152. The average molecular weight is 273 g/mol. The van der Waals surface area contributed by atoms with Gasteiger partial charge in [-0.05, 0) is 30.9 Å². The lowest BCUT2D eigenvalue weighted by Gasteiger charge is -2.30. The Hall–Kier alpha value is -1.39. The molecule has 0 spiro atoms. The van der Waals surface area contributed by atoms with Crippen LogP contribution in [0.3, 0.4) is 0 Å². The molecule has 108 valence electrons. The van der Waals surface area contributed by atoms with Gasteiger partial charge in [0.1, 0.15) is 5.82 Å². The van der Waals surface area contributed by atoms with Crippen LogP contribution in [0.15, 0.2) is 24.3 Å². The van der Waals surface area contributed by atoms with Gasteiger partial charge in [-0.3, -0.25) is 0 Å². The summed E-state index contributed by atoms with van der Waals surface area (Å²) < 4.78 is 2.15. The minimum absolute atomic E-state index is 0.292. The Balaban J connectivity index is 1.71. The van der Waals surface area contributed by atoms with Crippen molar-refractivity contribution in [3.05, 3.63) is 30.1 Å². The number of hydrogen-bond donors (Lipinski definition) is 2. The molecule has 0 radical (unpaired) electrons. The number of nitrogens with zero attached hydrogens (tertiary/aromatic N) is 2. The maximum Gasteiger partial charge on any atom is 0.123 e. The van der Waals surface area contributed by atoms with Crippen molar-refractivity contribution in [2.45, 2.75) is 38.3 Å². The van der Waals surface area contributed by atoms with Crippen LogP contribution in [0, 0.1) is 5.92 Å².